The van der Waals surface area contributed by atoms with E-state index in [1.54, 1.807) is 30.8 Å². The maximum atomic E-state index is 12.2. The molecule has 1 aliphatic rings. The Kier molecular flexibility index (Phi) is 5.73. The molecule has 2 rings (SSSR count). The van der Waals surface area contributed by atoms with Gasteiger partial charge in [0.15, 0.2) is 9.84 Å². The predicted molar refractivity (Wildman–Crippen MR) is 88.0 cm³/mol. The molecule has 3 N–H and O–H groups in total. The molecular formula is C12H19ClN4O2S2. The number of hydrogen-bond donors (Lipinski definition) is 2. The zero-order valence-corrected chi connectivity index (χ0v) is 14.1. The van der Waals surface area contributed by atoms with Crippen LogP contribution in [0, 0.1) is 0 Å². The normalized spacial score (nSPS) is 20.4. The van der Waals surface area contributed by atoms with Gasteiger partial charge in [-0.25, -0.2) is 19.2 Å². The van der Waals surface area contributed by atoms with Crippen LogP contribution in [0.25, 0.3) is 0 Å². The van der Waals surface area contributed by atoms with Gasteiger partial charge in [0.25, 0.3) is 0 Å². The molecule has 118 valence electrons. The van der Waals surface area contributed by atoms with Crippen LogP contribution in [0.4, 0.5) is 5.82 Å². The smallest absolute Gasteiger partial charge is 0.166 e. The summed E-state index contributed by atoms with van der Waals surface area (Å²) in [5, 5.41) is 0.0356. The Balaban J connectivity index is 2.23. The minimum Gasteiger partial charge on any atom is -0.308 e. The number of halogens is 1. The number of pyridine rings is 1. The van der Waals surface area contributed by atoms with Crippen LogP contribution in [-0.4, -0.2) is 47.5 Å². The van der Waals surface area contributed by atoms with Gasteiger partial charge in [0.1, 0.15) is 11.2 Å². The topological polar surface area (TPSA) is 88.3 Å². The third-order valence-electron chi connectivity index (χ3n) is 3.43. The van der Waals surface area contributed by atoms with Crippen molar-refractivity contribution in [1.82, 2.24) is 9.88 Å². The van der Waals surface area contributed by atoms with Crippen molar-refractivity contribution in [2.45, 2.75) is 18.8 Å². The minimum absolute atomic E-state index is 0.139. The number of nitrogens with one attached hydrogen (secondary N) is 1. The van der Waals surface area contributed by atoms with Gasteiger partial charge in [-0.15, -0.1) is 0 Å². The summed E-state index contributed by atoms with van der Waals surface area (Å²) in [7, 11) is -3.13. The average Bonchev–Trinajstić information content (AvgIpc) is 2.50. The number of sulfone groups is 1. The number of anilines is 1. The van der Waals surface area contributed by atoms with Gasteiger partial charge in [-0.05, 0) is 12.1 Å². The molecule has 0 amide bonds. The summed E-state index contributed by atoms with van der Waals surface area (Å²) in [5.41, 5.74) is 3.11. The van der Waals surface area contributed by atoms with Gasteiger partial charge in [-0.1, -0.05) is 18.5 Å². The summed E-state index contributed by atoms with van der Waals surface area (Å²) in [5.74, 6) is 7.49. The third kappa shape index (κ3) is 4.01. The van der Waals surface area contributed by atoms with Crippen molar-refractivity contribution in [3.63, 3.8) is 0 Å². The first kappa shape index (κ1) is 16.8. The van der Waals surface area contributed by atoms with E-state index in [2.05, 4.69) is 10.4 Å². The van der Waals surface area contributed by atoms with E-state index in [1.165, 1.54) is 0 Å². The van der Waals surface area contributed by atoms with E-state index in [-0.39, 0.29) is 5.75 Å². The van der Waals surface area contributed by atoms with Crippen molar-refractivity contribution in [2.75, 3.05) is 29.2 Å². The highest BCUT2D eigenvalue weighted by Gasteiger charge is 2.33. The average molecular weight is 351 g/mol. The molecule has 1 aromatic rings. The van der Waals surface area contributed by atoms with Crippen LogP contribution in [0.15, 0.2) is 12.1 Å². The largest absolute Gasteiger partial charge is 0.308 e. The van der Waals surface area contributed by atoms with Gasteiger partial charge in [0.2, 0.25) is 0 Å². The van der Waals surface area contributed by atoms with Crippen LogP contribution >= 0.6 is 23.4 Å². The molecule has 0 aliphatic carbocycles. The fourth-order valence-electron chi connectivity index (χ4n) is 2.19. The minimum atomic E-state index is -3.13. The number of nitrogens with zero attached hydrogens (tertiary/aromatic N) is 2. The Bertz CT molecular complexity index is 597. The van der Waals surface area contributed by atoms with Crippen molar-refractivity contribution in [3.05, 3.63) is 22.8 Å². The molecule has 1 saturated heterocycles. The van der Waals surface area contributed by atoms with Crippen LogP contribution < -0.4 is 11.3 Å². The van der Waals surface area contributed by atoms with Crippen LogP contribution in [0.2, 0.25) is 5.02 Å². The van der Waals surface area contributed by atoms with E-state index in [0.717, 1.165) is 5.75 Å². The van der Waals surface area contributed by atoms with E-state index >= 15 is 0 Å². The zero-order valence-electron chi connectivity index (χ0n) is 11.8. The van der Waals surface area contributed by atoms with Crippen molar-refractivity contribution in [2.24, 2.45) is 5.84 Å². The van der Waals surface area contributed by atoms with E-state index in [0.29, 0.717) is 35.4 Å². The van der Waals surface area contributed by atoms with E-state index in [4.69, 9.17) is 17.4 Å². The summed E-state index contributed by atoms with van der Waals surface area (Å²) < 4.78 is 24.4. The first-order valence-corrected chi connectivity index (χ1v) is 9.88. The Labute approximate surface area is 134 Å². The molecule has 9 heteroatoms. The Morgan fingerprint density at radius 3 is 3.00 bits per heavy atom. The van der Waals surface area contributed by atoms with Gasteiger partial charge in [0, 0.05) is 30.3 Å². The van der Waals surface area contributed by atoms with E-state index in [1.807, 2.05) is 4.90 Å². The lowest BCUT2D eigenvalue weighted by Crippen LogP contribution is -2.47. The van der Waals surface area contributed by atoms with Gasteiger partial charge < -0.3 is 5.43 Å². The lowest BCUT2D eigenvalue weighted by atomic mass is 10.3. The van der Waals surface area contributed by atoms with Gasteiger partial charge >= 0.3 is 0 Å². The molecule has 0 spiro atoms. The standard InChI is InChI=1S/C12H19ClN4O2S2/c1-2-21(18,19)12-8-20-6-5-17(12)7-10-9(13)3-4-11(15-10)16-14/h3-4,12H,2,5-8,14H2,1H3,(H,15,16). The first-order valence-electron chi connectivity index (χ1n) is 6.63. The van der Waals surface area contributed by atoms with Crippen LogP contribution in [0.1, 0.15) is 12.6 Å². The number of nitrogens with two attached hydrogens (primary N) is 1. The fraction of sp³-hybridized carbons (Fsp3) is 0.583. The molecule has 1 aliphatic heterocycles. The van der Waals surface area contributed by atoms with Gasteiger partial charge in [-0.3, -0.25) is 4.90 Å². The Morgan fingerprint density at radius 1 is 1.57 bits per heavy atom. The van der Waals surface area contributed by atoms with Crippen LogP contribution in [-0.2, 0) is 16.4 Å². The first-order chi connectivity index (χ1) is 9.97. The number of thioether (sulfide) groups is 1. The molecule has 2 heterocycles. The highest BCUT2D eigenvalue weighted by molar-refractivity contribution is 8.01. The molecule has 0 aromatic carbocycles. The quantitative estimate of drug-likeness (QED) is 0.611. The van der Waals surface area contributed by atoms with Gasteiger partial charge in [0.05, 0.1) is 10.7 Å². The molecular weight excluding hydrogens is 332 g/mol. The molecule has 1 atom stereocenters. The number of hydrogen-bond acceptors (Lipinski definition) is 7. The maximum absolute atomic E-state index is 12.2. The third-order valence-corrected chi connectivity index (χ3v) is 7.10. The second-order valence-corrected chi connectivity index (χ2v) is 8.73. The van der Waals surface area contributed by atoms with Crippen molar-refractivity contribution in [1.29, 1.82) is 0 Å². The lowest BCUT2D eigenvalue weighted by Gasteiger charge is -2.34. The lowest BCUT2D eigenvalue weighted by molar-refractivity contribution is 0.259. The number of hydrazine groups is 1. The number of rotatable bonds is 5. The second kappa shape index (κ2) is 7.15. The van der Waals surface area contributed by atoms with Crippen molar-refractivity contribution >= 4 is 39.0 Å². The highest BCUT2D eigenvalue weighted by atomic mass is 35.5. The summed E-state index contributed by atoms with van der Waals surface area (Å²) >= 11 is 7.82. The SMILES string of the molecule is CCS(=O)(=O)C1CSCCN1Cc1nc(NN)ccc1Cl. The molecule has 6 nitrogen and oxygen atoms in total. The van der Waals surface area contributed by atoms with E-state index < -0.39 is 15.2 Å². The summed E-state index contributed by atoms with van der Waals surface area (Å²) in [6.07, 6.45) is 0. The van der Waals surface area contributed by atoms with Gasteiger partial charge in [-0.2, -0.15) is 11.8 Å². The fourth-order valence-corrected chi connectivity index (χ4v) is 5.43. The highest BCUT2D eigenvalue weighted by Crippen LogP contribution is 2.25. The van der Waals surface area contributed by atoms with Crippen LogP contribution in [0.5, 0.6) is 0 Å². The van der Waals surface area contributed by atoms with Crippen LogP contribution in [0.3, 0.4) is 0 Å². The Morgan fingerprint density at radius 2 is 2.33 bits per heavy atom. The van der Waals surface area contributed by atoms with E-state index in [9.17, 15) is 8.42 Å². The summed E-state index contributed by atoms with van der Waals surface area (Å²) in [6, 6.07) is 3.39. The molecule has 1 unspecified atom stereocenters. The summed E-state index contributed by atoms with van der Waals surface area (Å²) in [4.78, 5) is 6.25. The van der Waals surface area contributed by atoms with Crippen molar-refractivity contribution < 1.29 is 8.42 Å². The van der Waals surface area contributed by atoms with Crippen molar-refractivity contribution in [3.8, 4) is 0 Å². The predicted octanol–water partition coefficient (Wildman–Crippen LogP) is 1.33. The molecule has 0 saturated carbocycles. The monoisotopic (exact) mass is 350 g/mol. The molecule has 1 fully saturated rings. The molecule has 0 radical (unpaired) electrons. The molecule has 21 heavy (non-hydrogen) atoms. The zero-order chi connectivity index (χ0) is 15.5. The second-order valence-electron chi connectivity index (χ2n) is 4.72. The number of aromatic nitrogens is 1. The number of nitrogen functional groups attached to an aromatic ring is 1. The Hall–Kier alpha value is -0.540. The molecule has 1 aromatic heterocycles. The molecule has 0 bridgehead atoms. The maximum Gasteiger partial charge on any atom is 0.166 e. The summed E-state index contributed by atoms with van der Waals surface area (Å²) in [6.45, 7) is 2.78.